The van der Waals surface area contributed by atoms with Crippen LogP contribution in [-0.2, 0) is 11.3 Å². The van der Waals surface area contributed by atoms with Crippen LogP contribution in [0.2, 0.25) is 0 Å². The van der Waals surface area contributed by atoms with Gasteiger partial charge < -0.3 is 20.1 Å². The van der Waals surface area contributed by atoms with E-state index >= 15 is 0 Å². The number of ether oxygens (including phenoxy) is 2. The van der Waals surface area contributed by atoms with Crippen LogP contribution < -0.4 is 20.1 Å². The molecule has 2 N–H and O–H groups in total. The van der Waals surface area contributed by atoms with E-state index in [9.17, 15) is 9.59 Å². The zero-order valence-electron chi connectivity index (χ0n) is 16.5. The van der Waals surface area contributed by atoms with Crippen molar-refractivity contribution in [2.24, 2.45) is 0 Å². The molecule has 28 heavy (non-hydrogen) atoms. The Hall–Kier alpha value is -3.28. The molecule has 0 radical (unpaired) electrons. The number of benzene rings is 2. The number of nitrogens with one attached hydrogen (secondary N) is 2. The molecule has 0 spiro atoms. The Bertz CT molecular complexity index is 829. The SMILES string of the molecule is CCOc1ccc(/C=C/C(=O)NCc2ccc(C(=O)NC)cc2)cc1OCC. The Labute approximate surface area is 165 Å². The van der Waals surface area contributed by atoms with Gasteiger partial charge in [-0.05, 0) is 55.3 Å². The van der Waals surface area contributed by atoms with Crippen LogP contribution in [0.3, 0.4) is 0 Å². The largest absolute Gasteiger partial charge is 0.490 e. The Kier molecular flexibility index (Phi) is 8.09. The molecule has 0 fully saturated rings. The van der Waals surface area contributed by atoms with E-state index < -0.39 is 0 Å². The molecule has 148 valence electrons. The fourth-order valence-corrected chi connectivity index (χ4v) is 2.51. The predicted molar refractivity (Wildman–Crippen MR) is 109 cm³/mol. The lowest BCUT2D eigenvalue weighted by Gasteiger charge is -2.11. The van der Waals surface area contributed by atoms with Gasteiger partial charge in [0.1, 0.15) is 0 Å². The summed E-state index contributed by atoms with van der Waals surface area (Å²) in [5.74, 6) is 0.997. The molecule has 2 aromatic rings. The Balaban J connectivity index is 1.94. The van der Waals surface area contributed by atoms with Crippen molar-refractivity contribution in [2.75, 3.05) is 20.3 Å². The number of amides is 2. The third-order valence-electron chi connectivity index (χ3n) is 3.90. The van der Waals surface area contributed by atoms with Crippen LogP contribution in [0.1, 0.15) is 35.3 Å². The van der Waals surface area contributed by atoms with Crippen LogP contribution >= 0.6 is 0 Å². The third kappa shape index (κ3) is 6.16. The van der Waals surface area contributed by atoms with E-state index in [0.717, 1.165) is 11.1 Å². The summed E-state index contributed by atoms with van der Waals surface area (Å²) < 4.78 is 11.1. The number of hydrogen-bond donors (Lipinski definition) is 2. The van der Waals surface area contributed by atoms with Gasteiger partial charge in [0.25, 0.3) is 5.91 Å². The lowest BCUT2D eigenvalue weighted by molar-refractivity contribution is -0.116. The maximum Gasteiger partial charge on any atom is 0.251 e. The van der Waals surface area contributed by atoms with E-state index in [1.54, 1.807) is 25.3 Å². The maximum absolute atomic E-state index is 12.1. The van der Waals surface area contributed by atoms with Crippen LogP contribution in [0, 0.1) is 0 Å². The highest BCUT2D eigenvalue weighted by Crippen LogP contribution is 2.28. The van der Waals surface area contributed by atoms with Gasteiger partial charge in [-0.2, -0.15) is 0 Å². The van der Waals surface area contributed by atoms with Crippen molar-refractivity contribution in [3.05, 3.63) is 65.2 Å². The van der Waals surface area contributed by atoms with Crippen LogP contribution in [-0.4, -0.2) is 32.1 Å². The van der Waals surface area contributed by atoms with Gasteiger partial charge in [-0.15, -0.1) is 0 Å². The zero-order chi connectivity index (χ0) is 20.4. The van der Waals surface area contributed by atoms with Crippen LogP contribution in [0.5, 0.6) is 11.5 Å². The molecule has 0 bridgehead atoms. The standard InChI is InChI=1S/C22H26N2O4/c1-4-27-19-12-8-16(14-20(19)28-5-2)9-13-21(25)24-15-17-6-10-18(11-7-17)22(26)23-3/h6-14H,4-5,15H2,1-3H3,(H,23,26)(H,24,25)/b13-9+. The van der Waals surface area contributed by atoms with Gasteiger partial charge in [0.15, 0.2) is 11.5 Å². The lowest BCUT2D eigenvalue weighted by Crippen LogP contribution is -2.20. The summed E-state index contributed by atoms with van der Waals surface area (Å²) in [5, 5.41) is 5.39. The second kappa shape index (κ2) is 10.8. The summed E-state index contributed by atoms with van der Waals surface area (Å²) in [4.78, 5) is 23.6. The van der Waals surface area contributed by atoms with Gasteiger partial charge in [-0.3, -0.25) is 9.59 Å². The second-order valence-electron chi connectivity index (χ2n) is 5.90. The lowest BCUT2D eigenvalue weighted by atomic mass is 10.1. The van der Waals surface area contributed by atoms with Crippen molar-refractivity contribution in [1.82, 2.24) is 10.6 Å². The molecule has 0 heterocycles. The molecule has 0 aliphatic rings. The molecule has 2 rings (SSSR count). The molecule has 2 amide bonds. The minimum Gasteiger partial charge on any atom is -0.490 e. The maximum atomic E-state index is 12.1. The molecule has 6 nitrogen and oxygen atoms in total. The monoisotopic (exact) mass is 382 g/mol. The van der Waals surface area contributed by atoms with E-state index in [4.69, 9.17) is 9.47 Å². The van der Waals surface area contributed by atoms with Crippen LogP contribution in [0.25, 0.3) is 6.08 Å². The highest BCUT2D eigenvalue weighted by Gasteiger charge is 2.06. The fraction of sp³-hybridized carbons (Fsp3) is 0.273. The molecule has 2 aromatic carbocycles. The van der Waals surface area contributed by atoms with Gasteiger partial charge >= 0.3 is 0 Å². The van der Waals surface area contributed by atoms with E-state index in [0.29, 0.717) is 36.8 Å². The Morgan fingerprint density at radius 3 is 2.29 bits per heavy atom. The summed E-state index contributed by atoms with van der Waals surface area (Å²) >= 11 is 0. The number of carbonyl (C=O) groups excluding carboxylic acids is 2. The zero-order valence-corrected chi connectivity index (χ0v) is 16.5. The van der Waals surface area contributed by atoms with E-state index in [1.807, 2.05) is 44.2 Å². The molecule has 0 saturated carbocycles. The van der Waals surface area contributed by atoms with Crippen molar-refractivity contribution in [3.63, 3.8) is 0 Å². The molecule has 0 aliphatic carbocycles. The summed E-state index contributed by atoms with van der Waals surface area (Å²) in [6.45, 7) is 5.30. The summed E-state index contributed by atoms with van der Waals surface area (Å²) in [7, 11) is 1.59. The van der Waals surface area contributed by atoms with E-state index in [2.05, 4.69) is 10.6 Å². The molecule has 0 unspecified atom stereocenters. The van der Waals surface area contributed by atoms with Crippen molar-refractivity contribution < 1.29 is 19.1 Å². The van der Waals surface area contributed by atoms with Gasteiger partial charge in [-0.1, -0.05) is 18.2 Å². The van der Waals surface area contributed by atoms with Crippen molar-refractivity contribution in [1.29, 1.82) is 0 Å². The molecular weight excluding hydrogens is 356 g/mol. The highest BCUT2D eigenvalue weighted by molar-refractivity contribution is 5.94. The molecule has 0 atom stereocenters. The van der Waals surface area contributed by atoms with Crippen molar-refractivity contribution >= 4 is 17.9 Å². The van der Waals surface area contributed by atoms with Gasteiger partial charge in [0, 0.05) is 25.2 Å². The Morgan fingerprint density at radius 1 is 0.964 bits per heavy atom. The Morgan fingerprint density at radius 2 is 1.64 bits per heavy atom. The van der Waals surface area contributed by atoms with Gasteiger partial charge in [0.2, 0.25) is 5.91 Å². The number of hydrogen-bond acceptors (Lipinski definition) is 4. The predicted octanol–water partition coefficient (Wildman–Crippen LogP) is 3.17. The first kappa shape index (κ1) is 21.0. The molecule has 0 saturated heterocycles. The van der Waals surface area contributed by atoms with Gasteiger partial charge in [0.05, 0.1) is 13.2 Å². The minimum absolute atomic E-state index is 0.139. The quantitative estimate of drug-likeness (QED) is 0.653. The first-order valence-electron chi connectivity index (χ1n) is 9.24. The number of rotatable bonds is 9. The molecule has 0 aromatic heterocycles. The number of carbonyl (C=O) groups is 2. The fourth-order valence-electron chi connectivity index (χ4n) is 2.51. The molecule has 0 aliphatic heterocycles. The third-order valence-corrected chi connectivity index (χ3v) is 3.90. The summed E-state index contributed by atoms with van der Waals surface area (Å²) in [6, 6.07) is 12.6. The summed E-state index contributed by atoms with van der Waals surface area (Å²) in [5.41, 5.74) is 2.34. The van der Waals surface area contributed by atoms with E-state index in [-0.39, 0.29) is 11.8 Å². The topological polar surface area (TPSA) is 76.7 Å². The van der Waals surface area contributed by atoms with E-state index in [1.165, 1.54) is 6.08 Å². The van der Waals surface area contributed by atoms with Crippen LogP contribution in [0.4, 0.5) is 0 Å². The van der Waals surface area contributed by atoms with Gasteiger partial charge in [-0.25, -0.2) is 0 Å². The normalized spacial score (nSPS) is 10.5. The summed E-state index contributed by atoms with van der Waals surface area (Å²) in [6.07, 6.45) is 3.20. The molecule has 6 heteroatoms. The molecular formula is C22H26N2O4. The first-order valence-corrected chi connectivity index (χ1v) is 9.24. The average molecular weight is 382 g/mol. The van der Waals surface area contributed by atoms with Crippen LogP contribution in [0.15, 0.2) is 48.5 Å². The smallest absolute Gasteiger partial charge is 0.251 e. The second-order valence-corrected chi connectivity index (χ2v) is 5.90. The van der Waals surface area contributed by atoms with Crippen molar-refractivity contribution in [3.8, 4) is 11.5 Å². The highest BCUT2D eigenvalue weighted by atomic mass is 16.5. The van der Waals surface area contributed by atoms with Crippen molar-refractivity contribution in [2.45, 2.75) is 20.4 Å². The first-order chi connectivity index (χ1) is 13.6. The average Bonchev–Trinajstić information content (AvgIpc) is 2.72. The minimum atomic E-state index is -0.206.